The van der Waals surface area contributed by atoms with Gasteiger partial charge in [-0.2, -0.15) is 4.98 Å². The molecular weight excluding hydrogens is 182 g/mol. The van der Waals surface area contributed by atoms with Gasteiger partial charge in [-0.15, -0.1) is 0 Å². The summed E-state index contributed by atoms with van der Waals surface area (Å²) < 4.78 is 5.00. The van der Waals surface area contributed by atoms with Crippen LogP contribution in [0.25, 0.3) is 0 Å². The smallest absolute Gasteiger partial charge is 0.226 e. The van der Waals surface area contributed by atoms with E-state index < -0.39 is 0 Å². The van der Waals surface area contributed by atoms with Crippen molar-refractivity contribution in [3.8, 4) is 0 Å². The minimum absolute atomic E-state index is 0.187. The minimum atomic E-state index is -0.187. The van der Waals surface area contributed by atoms with Crippen LogP contribution in [-0.2, 0) is 13.0 Å². The minimum Gasteiger partial charge on any atom is -0.392 e. The summed E-state index contributed by atoms with van der Waals surface area (Å²) in [6.07, 6.45) is 1.43. The van der Waals surface area contributed by atoms with Crippen LogP contribution in [0.2, 0.25) is 0 Å². The molecule has 0 radical (unpaired) electrons. The third-order valence-corrected chi connectivity index (χ3v) is 2.43. The fraction of sp³-hybridized carbons (Fsp3) is 0.778. The summed E-state index contributed by atoms with van der Waals surface area (Å²) in [6, 6.07) is 0. The van der Waals surface area contributed by atoms with E-state index in [1.54, 1.807) is 0 Å². The van der Waals surface area contributed by atoms with Crippen molar-refractivity contribution in [2.75, 3.05) is 13.1 Å². The maximum Gasteiger partial charge on any atom is 0.226 e. The number of nitrogens with zero attached hydrogens (tertiary/aromatic N) is 3. The Morgan fingerprint density at radius 3 is 3.07 bits per heavy atom. The molecule has 5 nitrogen and oxygen atoms in total. The van der Waals surface area contributed by atoms with E-state index in [0.29, 0.717) is 12.4 Å². The normalized spacial score (nSPS) is 23.1. The first-order chi connectivity index (χ1) is 6.78. The van der Waals surface area contributed by atoms with E-state index in [4.69, 9.17) is 4.52 Å². The van der Waals surface area contributed by atoms with Gasteiger partial charge in [0.25, 0.3) is 0 Å². The van der Waals surface area contributed by atoms with Crippen LogP contribution < -0.4 is 0 Å². The second kappa shape index (κ2) is 4.06. The molecule has 1 aliphatic rings. The molecule has 0 aliphatic carbocycles. The lowest BCUT2D eigenvalue weighted by atomic mass is 10.3. The highest BCUT2D eigenvalue weighted by Gasteiger charge is 2.21. The summed E-state index contributed by atoms with van der Waals surface area (Å²) in [7, 11) is 0. The molecule has 0 bridgehead atoms. The van der Waals surface area contributed by atoms with Gasteiger partial charge in [0.05, 0.1) is 12.6 Å². The van der Waals surface area contributed by atoms with Crippen LogP contribution in [0.3, 0.4) is 0 Å². The van der Waals surface area contributed by atoms with E-state index in [1.807, 2.05) is 6.92 Å². The van der Waals surface area contributed by atoms with Gasteiger partial charge < -0.3 is 9.63 Å². The number of aryl methyl sites for hydroxylation is 1. The number of aromatic nitrogens is 2. The lowest BCUT2D eigenvalue weighted by molar-refractivity contribution is 0.173. The molecule has 1 aliphatic heterocycles. The van der Waals surface area contributed by atoms with E-state index >= 15 is 0 Å². The monoisotopic (exact) mass is 197 g/mol. The predicted molar refractivity (Wildman–Crippen MR) is 49.6 cm³/mol. The average Bonchev–Trinajstić information content (AvgIpc) is 2.76. The van der Waals surface area contributed by atoms with Gasteiger partial charge in [0.2, 0.25) is 5.89 Å². The molecule has 1 unspecified atom stereocenters. The average molecular weight is 197 g/mol. The van der Waals surface area contributed by atoms with E-state index in [9.17, 15) is 5.11 Å². The fourth-order valence-electron chi connectivity index (χ4n) is 1.65. The number of rotatable bonds is 3. The number of hydrogen-bond donors (Lipinski definition) is 1. The van der Waals surface area contributed by atoms with Crippen molar-refractivity contribution in [2.45, 2.75) is 32.4 Å². The van der Waals surface area contributed by atoms with Crippen molar-refractivity contribution in [1.82, 2.24) is 15.0 Å². The van der Waals surface area contributed by atoms with Crippen LogP contribution in [0.5, 0.6) is 0 Å². The molecule has 1 saturated heterocycles. The van der Waals surface area contributed by atoms with Crippen molar-refractivity contribution < 1.29 is 9.63 Å². The number of likely N-dealkylation sites (tertiary alicyclic amines) is 1. The first-order valence-corrected chi connectivity index (χ1v) is 5.00. The summed E-state index contributed by atoms with van der Waals surface area (Å²) in [6.45, 7) is 4.30. The molecule has 2 heterocycles. The molecule has 0 amide bonds. The van der Waals surface area contributed by atoms with E-state index in [2.05, 4.69) is 15.0 Å². The molecule has 1 N–H and O–H groups in total. The van der Waals surface area contributed by atoms with Crippen LogP contribution in [0.1, 0.15) is 25.1 Å². The predicted octanol–water partition coefficient (Wildman–Crippen LogP) is 0.199. The van der Waals surface area contributed by atoms with Crippen molar-refractivity contribution in [3.63, 3.8) is 0 Å². The Morgan fingerprint density at radius 1 is 1.64 bits per heavy atom. The number of aliphatic hydroxyl groups is 1. The SMILES string of the molecule is CCc1nc(CN2CCC(O)C2)no1. The van der Waals surface area contributed by atoms with Crippen molar-refractivity contribution >= 4 is 0 Å². The topological polar surface area (TPSA) is 62.4 Å². The van der Waals surface area contributed by atoms with Crippen molar-refractivity contribution in [1.29, 1.82) is 0 Å². The summed E-state index contributed by atoms with van der Waals surface area (Å²) in [5, 5.41) is 13.2. The van der Waals surface area contributed by atoms with Gasteiger partial charge in [0.15, 0.2) is 5.82 Å². The quantitative estimate of drug-likeness (QED) is 0.750. The van der Waals surface area contributed by atoms with Crippen molar-refractivity contribution in [3.05, 3.63) is 11.7 Å². The van der Waals surface area contributed by atoms with Gasteiger partial charge in [-0.1, -0.05) is 12.1 Å². The van der Waals surface area contributed by atoms with Crippen LogP contribution in [0, 0.1) is 0 Å². The maximum absolute atomic E-state index is 9.32. The lowest BCUT2D eigenvalue weighted by Gasteiger charge is -2.10. The molecule has 1 atom stereocenters. The van der Waals surface area contributed by atoms with E-state index in [1.165, 1.54) is 0 Å². The highest BCUT2D eigenvalue weighted by atomic mass is 16.5. The summed E-state index contributed by atoms with van der Waals surface area (Å²) in [4.78, 5) is 6.35. The largest absolute Gasteiger partial charge is 0.392 e. The maximum atomic E-state index is 9.32. The molecule has 0 aromatic carbocycles. The van der Waals surface area contributed by atoms with Crippen molar-refractivity contribution in [2.24, 2.45) is 0 Å². The van der Waals surface area contributed by atoms with Crippen LogP contribution in [0.4, 0.5) is 0 Å². The molecule has 0 spiro atoms. The van der Waals surface area contributed by atoms with Gasteiger partial charge in [-0.05, 0) is 6.42 Å². The lowest BCUT2D eigenvalue weighted by Crippen LogP contribution is -2.22. The van der Waals surface area contributed by atoms with Crippen LogP contribution in [-0.4, -0.2) is 39.3 Å². The Balaban J connectivity index is 1.90. The zero-order chi connectivity index (χ0) is 9.97. The highest BCUT2D eigenvalue weighted by molar-refractivity contribution is 4.87. The second-order valence-electron chi connectivity index (χ2n) is 3.64. The number of β-amino-alcohol motifs (C(OH)–C–C–N with tert-alkyl or cyclic N) is 1. The Morgan fingerprint density at radius 2 is 2.50 bits per heavy atom. The standard InChI is InChI=1S/C9H15N3O2/c1-2-9-10-8(11-14-9)6-12-4-3-7(13)5-12/h7,13H,2-6H2,1H3. The molecule has 78 valence electrons. The zero-order valence-electron chi connectivity index (χ0n) is 8.31. The first kappa shape index (κ1) is 9.61. The Kier molecular flexibility index (Phi) is 2.79. The molecule has 1 fully saturated rings. The van der Waals surface area contributed by atoms with E-state index in [-0.39, 0.29) is 6.10 Å². The van der Waals surface area contributed by atoms with Gasteiger partial charge in [0, 0.05) is 19.5 Å². The Hall–Kier alpha value is -0.940. The Labute approximate surface area is 82.7 Å². The summed E-state index contributed by atoms with van der Waals surface area (Å²) in [5.74, 6) is 1.40. The summed E-state index contributed by atoms with van der Waals surface area (Å²) in [5.41, 5.74) is 0. The molecule has 14 heavy (non-hydrogen) atoms. The molecule has 1 aromatic rings. The molecule has 1 aromatic heterocycles. The Bertz CT molecular complexity index is 300. The van der Waals surface area contributed by atoms with Gasteiger partial charge >= 0.3 is 0 Å². The van der Waals surface area contributed by atoms with Gasteiger partial charge in [-0.25, -0.2) is 0 Å². The fourth-order valence-corrected chi connectivity index (χ4v) is 1.65. The number of aliphatic hydroxyl groups excluding tert-OH is 1. The molecule has 0 saturated carbocycles. The number of hydrogen-bond acceptors (Lipinski definition) is 5. The van der Waals surface area contributed by atoms with Gasteiger partial charge in [0.1, 0.15) is 0 Å². The highest BCUT2D eigenvalue weighted by Crippen LogP contribution is 2.11. The van der Waals surface area contributed by atoms with Crippen LogP contribution in [0.15, 0.2) is 4.52 Å². The third kappa shape index (κ3) is 2.10. The zero-order valence-corrected chi connectivity index (χ0v) is 8.31. The third-order valence-electron chi connectivity index (χ3n) is 2.43. The molecule has 5 heteroatoms. The van der Waals surface area contributed by atoms with Gasteiger partial charge in [-0.3, -0.25) is 4.90 Å². The summed E-state index contributed by atoms with van der Waals surface area (Å²) >= 11 is 0. The first-order valence-electron chi connectivity index (χ1n) is 5.00. The molecular formula is C9H15N3O2. The second-order valence-corrected chi connectivity index (χ2v) is 3.64. The van der Waals surface area contributed by atoms with Crippen LogP contribution >= 0.6 is 0 Å². The molecule has 2 rings (SSSR count). The van der Waals surface area contributed by atoms with E-state index in [0.717, 1.165) is 31.8 Å².